The molecule has 1 aliphatic carbocycles. The van der Waals surface area contributed by atoms with Crippen molar-refractivity contribution in [2.45, 2.75) is 122 Å². The third-order valence-electron chi connectivity index (χ3n) is 7.45. The second-order valence-corrected chi connectivity index (χ2v) is 13.2. The van der Waals surface area contributed by atoms with Gasteiger partial charge in [0.15, 0.2) is 0 Å². The van der Waals surface area contributed by atoms with Crippen molar-refractivity contribution in [3.63, 3.8) is 0 Å². The summed E-state index contributed by atoms with van der Waals surface area (Å²) >= 11 is 0. The number of rotatable bonds is 8. The maximum absolute atomic E-state index is 13.5. The highest BCUT2D eigenvalue weighted by atomic mass is 16.6. The molecule has 208 valence electrons. The molecule has 2 aliphatic rings. The van der Waals surface area contributed by atoms with Crippen LogP contribution in [0.3, 0.4) is 0 Å². The Kier molecular flexibility index (Phi) is 9.68. The van der Waals surface area contributed by atoms with Gasteiger partial charge in [-0.1, -0.05) is 62.4 Å². The third kappa shape index (κ3) is 9.29. The third-order valence-corrected chi connectivity index (χ3v) is 7.45. The highest BCUT2D eigenvalue weighted by Gasteiger charge is 2.47. The van der Waals surface area contributed by atoms with E-state index in [0.717, 1.165) is 24.8 Å². The van der Waals surface area contributed by atoms with E-state index in [1.807, 2.05) is 71.9 Å². The van der Waals surface area contributed by atoms with Crippen LogP contribution in [0.4, 0.5) is 4.79 Å². The molecule has 3 N–H and O–H groups in total. The summed E-state index contributed by atoms with van der Waals surface area (Å²) in [4.78, 5) is 28.4. The van der Waals surface area contributed by atoms with Gasteiger partial charge in [0.05, 0.1) is 17.7 Å². The number of aliphatic hydroxyl groups is 1. The predicted octanol–water partition coefficient (Wildman–Crippen LogP) is 4.81. The molecule has 0 bridgehead atoms. The van der Waals surface area contributed by atoms with Crippen molar-refractivity contribution in [1.82, 2.24) is 15.5 Å². The topological polar surface area (TPSA) is 90.9 Å². The normalized spacial score (nSPS) is 23.3. The summed E-state index contributed by atoms with van der Waals surface area (Å²) in [6.45, 7) is 12.4. The van der Waals surface area contributed by atoms with Crippen LogP contribution in [0.15, 0.2) is 30.3 Å². The smallest absolute Gasteiger partial charge is 0.407 e. The fourth-order valence-electron chi connectivity index (χ4n) is 5.69. The summed E-state index contributed by atoms with van der Waals surface area (Å²) < 4.78 is 5.54. The number of hydrogen-bond acceptors (Lipinski definition) is 5. The number of amides is 2. The number of carbonyl (C=O) groups is 2. The standard InChI is InChI=1S/C30H49N3O4/c1-28(2,3)32-26(34)24(19-22-13-9-7-10-14-22)33-18-17-30(36,21-33)25(20-23-15-11-8-12-16-23)31-27(35)37-29(4,5)6/h8,11-12,15-16,22,24-25,36H,7,9-10,13-14,17-21H2,1-6H3,(H,31,35)(H,32,34)/t24-,25-,30-/m0/s1. The highest BCUT2D eigenvalue weighted by Crippen LogP contribution is 2.33. The summed E-state index contributed by atoms with van der Waals surface area (Å²) in [5.74, 6) is 0.556. The zero-order valence-electron chi connectivity index (χ0n) is 23.8. The molecular formula is C30H49N3O4. The van der Waals surface area contributed by atoms with Gasteiger partial charge < -0.3 is 20.5 Å². The van der Waals surface area contributed by atoms with Crippen molar-refractivity contribution in [3.8, 4) is 0 Å². The first-order valence-corrected chi connectivity index (χ1v) is 14.1. The van der Waals surface area contributed by atoms with Crippen LogP contribution in [0.1, 0.15) is 92.1 Å². The minimum Gasteiger partial charge on any atom is -0.444 e. The first kappa shape index (κ1) is 29.4. The molecule has 3 atom stereocenters. The predicted molar refractivity (Wildman–Crippen MR) is 147 cm³/mol. The van der Waals surface area contributed by atoms with Gasteiger partial charge in [0.2, 0.25) is 5.91 Å². The molecule has 0 spiro atoms. The van der Waals surface area contributed by atoms with Gasteiger partial charge in [0.25, 0.3) is 0 Å². The first-order chi connectivity index (χ1) is 17.2. The van der Waals surface area contributed by atoms with Gasteiger partial charge >= 0.3 is 6.09 Å². The van der Waals surface area contributed by atoms with Crippen LogP contribution in [0.25, 0.3) is 0 Å². The molecule has 1 saturated heterocycles. The van der Waals surface area contributed by atoms with Gasteiger partial charge in [-0.2, -0.15) is 0 Å². The first-order valence-electron chi connectivity index (χ1n) is 14.1. The van der Waals surface area contributed by atoms with Crippen molar-refractivity contribution in [2.75, 3.05) is 13.1 Å². The Morgan fingerprint density at radius 3 is 2.32 bits per heavy atom. The highest BCUT2D eigenvalue weighted by molar-refractivity contribution is 5.82. The van der Waals surface area contributed by atoms with Gasteiger partial charge in [-0.3, -0.25) is 9.69 Å². The Labute approximate surface area is 223 Å². The van der Waals surface area contributed by atoms with E-state index in [2.05, 4.69) is 15.5 Å². The summed E-state index contributed by atoms with van der Waals surface area (Å²) in [6.07, 6.45) is 7.27. The Balaban J connectivity index is 1.80. The Bertz CT molecular complexity index is 886. The number of likely N-dealkylation sites (tertiary alicyclic amines) is 1. The zero-order valence-corrected chi connectivity index (χ0v) is 23.8. The Morgan fingerprint density at radius 2 is 1.73 bits per heavy atom. The molecule has 1 aromatic carbocycles. The van der Waals surface area contributed by atoms with Crippen LogP contribution < -0.4 is 10.6 Å². The molecule has 1 saturated carbocycles. The lowest BCUT2D eigenvalue weighted by Gasteiger charge is -2.37. The van der Waals surface area contributed by atoms with Gasteiger partial charge in [0, 0.05) is 18.6 Å². The summed E-state index contributed by atoms with van der Waals surface area (Å²) in [7, 11) is 0. The minimum atomic E-state index is -1.18. The number of alkyl carbamates (subject to hydrolysis) is 1. The van der Waals surface area contributed by atoms with Crippen molar-refractivity contribution in [1.29, 1.82) is 0 Å². The quantitative estimate of drug-likeness (QED) is 0.462. The number of nitrogens with zero attached hydrogens (tertiary/aromatic N) is 1. The molecule has 1 aromatic rings. The molecular weight excluding hydrogens is 466 g/mol. The van der Waals surface area contributed by atoms with E-state index in [4.69, 9.17) is 4.74 Å². The molecule has 1 heterocycles. The van der Waals surface area contributed by atoms with Crippen LogP contribution in [0.5, 0.6) is 0 Å². The summed E-state index contributed by atoms with van der Waals surface area (Å²) in [5.41, 5.74) is -1.12. The lowest BCUT2D eigenvalue weighted by atomic mass is 9.84. The number of carbonyl (C=O) groups excluding carboxylic acids is 2. The zero-order chi connectivity index (χ0) is 27.3. The number of β-amino-alcohol motifs (C(OH)–C–C–N with tert-alkyl or cyclic N) is 1. The second-order valence-electron chi connectivity index (χ2n) is 13.2. The average Bonchev–Trinajstić information content (AvgIpc) is 3.19. The SMILES string of the molecule is CC(C)(C)NC(=O)[C@H](CC1CCCCC1)N1CC[C@@](O)([C@H](Cc2ccccc2)NC(=O)OC(C)(C)C)C1. The lowest BCUT2D eigenvalue weighted by Crippen LogP contribution is -2.58. The molecule has 2 amide bonds. The van der Waals surface area contributed by atoms with E-state index in [0.29, 0.717) is 31.8 Å². The van der Waals surface area contributed by atoms with Crippen LogP contribution in [-0.2, 0) is 16.0 Å². The fourth-order valence-corrected chi connectivity index (χ4v) is 5.69. The van der Waals surface area contributed by atoms with Crippen LogP contribution in [0, 0.1) is 5.92 Å². The molecule has 3 rings (SSSR count). The molecule has 2 fully saturated rings. The van der Waals surface area contributed by atoms with Crippen molar-refractivity contribution in [3.05, 3.63) is 35.9 Å². The van der Waals surface area contributed by atoms with Crippen molar-refractivity contribution >= 4 is 12.0 Å². The molecule has 0 aromatic heterocycles. The average molecular weight is 516 g/mol. The van der Waals surface area contributed by atoms with E-state index in [1.54, 1.807) is 0 Å². The molecule has 37 heavy (non-hydrogen) atoms. The Morgan fingerprint density at radius 1 is 1.08 bits per heavy atom. The molecule has 0 radical (unpaired) electrons. The van der Waals surface area contributed by atoms with E-state index in [9.17, 15) is 14.7 Å². The van der Waals surface area contributed by atoms with E-state index in [1.165, 1.54) is 19.3 Å². The van der Waals surface area contributed by atoms with Gasteiger partial charge in [-0.05, 0) is 72.3 Å². The lowest BCUT2D eigenvalue weighted by molar-refractivity contribution is -0.128. The molecule has 1 aliphatic heterocycles. The van der Waals surface area contributed by atoms with Crippen molar-refractivity contribution in [2.24, 2.45) is 5.92 Å². The van der Waals surface area contributed by atoms with Gasteiger partial charge in [-0.25, -0.2) is 4.79 Å². The monoisotopic (exact) mass is 515 g/mol. The van der Waals surface area contributed by atoms with E-state index >= 15 is 0 Å². The Hall–Kier alpha value is -2.12. The summed E-state index contributed by atoms with van der Waals surface area (Å²) in [5, 5.41) is 18.1. The maximum Gasteiger partial charge on any atom is 0.407 e. The second kappa shape index (κ2) is 12.2. The summed E-state index contributed by atoms with van der Waals surface area (Å²) in [6, 6.07) is 9.04. The van der Waals surface area contributed by atoms with Crippen LogP contribution in [-0.4, -0.2) is 63.9 Å². The van der Waals surface area contributed by atoms with Gasteiger partial charge in [-0.15, -0.1) is 0 Å². The number of nitrogens with one attached hydrogen (secondary N) is 2. The molecule has 7 heteroatoms. The van der Waals surface area contributed by atoms with E-state index < -0.39 is 23.3 Å². The largest absolute Gasteiger partial charge is 0.444 e. The number of benzene rings is 1. The van der Waals surface area contributed by atoms with Crippen LogP contribution >= 0.6 is 0 Å². The van der Waals surface area contributed by atoms with Crippen LogP contribution in [0.2, 0.25) is 0 Å². The minimum absolute atomic E-state index is 0.0297. The van der Waals surface area contributed by atoms with Crippen molar-refractivity contribution < 1.29 is 19.4 Å². The fraction of sp³-hybridized carbons (Fsp3) is 0.733. The number of hydrogen-bond donors (Lipinski definition) is 3. The molecule has 7 nitrogen and oxygen atoms in total. The molecule has 0 unspecified atom stereocenters. The van der Waals surface area contributed by atoms with Gasteiger partial charge in [0.1, 0.15) is 5.60 Å². The maximum atomic E-state index is 13.5. The number of ether oxygens (including phenoxy) is 1. The van der Waals surface area contributed by atoms with E-state index in [-0.39, 0.29) is 17.5 Å².